The van der Waals surface area contributed by atoms with Gasteiger partial charge in [0.2, 0.25) is 0 Å². The molecule has 0 saturated heterocycles. The van der Waals surface area contributed by atoms with Crippen LogP contribution in [0.1, 0.15) is 63.0 Å². The Bertz CT molecular complexity index is 614. The van der Waals surface area contributed by atoms with Crippen molar-refractivity contribution in [1.82, 2.24) is 0 Å². The maximum atomic E-state index is 11.8. The summed E-state index contributed by atoms with van der Waals surface area (Å²) in [4.78, 5) is 33.9. The number of nitro groups is 1. The Morgan fingerprint density at radius 1 is 1.04 bits per heavy atom. The second-order valence-electron chi connectivity index (χ2n) is 6.14. The summed E-state index contributed by atoms with van der Waals surface area (Å²) in [5, 5.41) is 11.1. The van der Waals surface area contributed by atoms with Gasteiger partial charge in [-0.25, -0.2) is 0 Å². The molecule has 0 aliphatic carbocycles. The number of hydrogen-bond acceptors (Lipinski definition) is 6. The summed E-state index contributed by atoms with van der Waals surface area (Å²) < 4.78 is 10.2. The van der Waals surface area contributed by atoms with Crippen LogP contribution in [0.4, 0.5) is 5.69 Å². The molecule has 1 aromatic carbocycles. The zero-order valence-electron chi connectivity index (χ0n) is 15.5. The van der Waals surface area contributed by atoms with Crippen LogP contribution in [0.15, 0.2) is 18.2 Å². The van der Waals surface area contributed by atoms with Gasteiger partial charge in [-0.2, -0.15) is 0 Å². The molecular formula is C19H27NO6. The third kappa shape index (κ3) is 8.09. The highest BCUT2D eigenvalue weighted by molar-refractivity contribution is 5.72. The lowest BCUT2D eigenvalue weighted by Gasteiger charge is -2.07. The number of esters is 2. The van der Waals surface area contributed by atoms with Gasteiger partial charge in [0.1, 0.15) is 6.61 Å². The number of rotatable bonds is 12. The van der Waals surface area contributed by atoms with Crippen molar-refractivity contribution in [3.63, 3.8) is 0 Å². The smallest absolute Gasteiger partial charge is 0.306 e. The van der Waals surface area contributed by atoms with E-state index in [4.69, 9.17) is 9.47 Å². The number of benzene rings is 1. The van der Waals surface area contributed by atoms with E-state index in [-0.39, 0.29) is 31.1 Å². The minimum absolute atomic E-state index is 0.0352. The van der Waals surface area contributed by atoms with E-state index in [1.807, 2.05) is 0 Å². The van der Waals surface area contributed by atoms with Gasteiger partial charge in [-0.15, -0.1) is 0 Å². The minimum Gasteiger partial charge on any atom is -0.466 e. The minimum atomic E-state index is -0.489. The van der Waals surface area contributed by atoms with Gasteiger partial charge in [0.15, 0.2) is 0 Å². The van der Waals surface area contributed by atoms with E-state index in [9.17, 15) is 19.7 Å². The van der Waals surface area contributed by atoms with E-state index in [1.54, 1.807) is 25.1 Å². The lowest BCUT2D eigenvalue weighted by atomic mass is 10.1. The van der Waals surface area contributed by atoms with Gasteiger partial charge >= 0.3 is 11.9 Å². The molecule has 7 nitrogen and oxygen atoms in total. The van der Waals surface area contributed by atoms with Crippen molar-refractivity contribution >= 4 is 17.6 Å². The van der Waals surface area contributed by atoms with E-state index < -0.39 is 10.9 Å². The molecule has 0 bridgehead atoms. The molecule has 0 unspecified atom stereocenters. The molecule has 26 heavy (non-hydrogen) atoms. The Morgan fingerprint density at radius 2 is 1.73 bits per heavy atom. The molecular weight excluding hydrogens is 338 g/mol. The van der Waals surface area contributed by atoms with Crippen LogP contribution in [0.3, 0.4) is 0 Å². The van der Waals surface area contributed by atoms with Crippen LogP contribution in [0.5, 0.6) is 0 Å². The van der Waals surface area contributed by atoms with Crippen LogP contribution in [-0.4, -0.2) is 23.5 Å². The molecule has 0 aromatic heterocycles. The molecule has 0 fully saturated rings. The van der Waals surface area contributed by atoms with E-state index in [0.29, 0.717) is 24.2 Å². The highest BCUT2D eigenvalue weighted by Crippen LogP contribution is 2.23. The van der Waals surface area contributed by atoms with Crippen molar-refractivity contribution < 1.29 is 24.0 Å². The molecule has 0 N–H and O–H groups in total. The van der Waals surface area contributed by atoms with Crippen molar-refractivity contribution in [2.75, 3.05) is 6.61 Å². The van der Waals surface area contributed by atoms with E-state index in [2.05, 4.69) is 6.92 Å². The van der Waals surface area contributed by atoms with E-state index in [0.717, 1.165) is 25.7 Å². The second kappa shape index (κ2) is 12.0. The van der Waals surface area contributed by atoms with Gasteiger partial charge < -0.3 is 9.47 Å². The predicted octanol–water partition coefficient (Wildman–Crippen LogP) is 4.24. The third-order valence-corrected chi connectivity index (χ3v) is 3.92. The number of hydrogen-bond donors (Lipinski definition) is 0. The first-order valence-electron chi connectivity index (χ1n) is 8.99. The summed E-state index contributed by atoms with van der Waals surface area (Å²) in [6.07, 6.45) is 4.73. The zero-order valence-corrected chi connectivity index (χ0v) is 15.5. The fraction of sp³-hybridized carbons (Fsp3) is 0.579. The Balaban J connectivity index is 2.26. The van der Waals surface area contributed by atoms with Gasteiger partial charge in [-0.05, 0) is 25.8 Å². The van der Waals surface area contributed by atoms with Crippen molar-refractivity contribution in [2.24, 2.45) is 0 Å². The maximum Gasteiger partial charge on any atom is 0.306 e. The van der Waals surface area contributed by atoms with Gasteiger partial charge in [0.05, 0.1) is 17.1 Å². The first kappa shape index (κ1) is 21.6. The molecule has 0 aliphatic rings. The number of carbonyl (C=O) groups is 2. The molecule has 0 saturated carbocycles. The molecule has 7 heteroatoms. The van der Waals surface area contributed by atoms with Gasteiger partial charge in [0, 0.05) is 18.4 Å². The largest absolute Gasteiger partial charge is 0.466 e. The summed E-state index contributed by atoms with van der Waals surface area (Å²) in [5.41, 5.74) is 0.840. The van der Waals surface area contributed by atoms with Crippen LogP contribution in [-0.2, 0) is 25.7 Å². The van der Waals surface area contributed by atoms with E-state index >= 15 is 0 Å². The van der Waals surface area contributed by atoms with Crippen LogP contribution >= 0.6 is 0 Å². The summed E-state index contributed by atoms with van der Waals surface area (Å²) in [6, 6.07) is 4.88. The number of nitrogens with zero attached hydrogens (tertiary/aromatic N) is 1. The summed E-state index contributed by atoms with van der Waals surface area (Å²) >= 11 is 0. The van der Waals surface area contributed by atoms with Gasteiger partial charge in [0.25, 0.3) is 5.69 Å². The molecule has 0 aliphatic heterocycles. The standard InChI is InChI=1S/C19H27NO6/c1-3-4-5-6-13-25-17(21)11-8-12-18(22)26-14-16-10-7-9-15(2)19(16)20(23)24/h7,9-10H,3-6,8,11-14H2,1-2H3. The molecule has 0 radical (unpaired) electrons. The number of aryl methyl sites for hydroxylation is 1. The maximum absolute atomic E-state index is 11.8. The molecule has 1 aromatic rings. The Labute approximate surface area is 153 Å². The predicted molar refractivity (Wildman–Crippen MR) is 96.6 cm³/mol. The molecule has 0 atom stereocenters. The SMILES string of the molecule is CCCCCCOC(=O)CCCC(=O)OCc1cccc(C)c1[N+](=O)[O-]. The van der Waals surface area contributed by atoms with Crippen molar-refractivity contribution in [3.8, 4) is 0 Å². The monoisotopic (exact) mass is 365 g/mol. The van der Waals surface area contributed by atoms with Crippen LogP contribution < -0.4 is 0 Å². The Hall–Kier alpha value is -2.44. The average Bonchev–Trinajstić information content (AvgIpc) is 2.59. The van der Waals surface area contributed by atoms with Crippen molar-refractivity contribution in [3.05, 3.63) is 39.4 Å². The highest BCUT2D eigenvalue weighted by atomic mass is 16.6. The second-order valence-corrected chi connectivity index (χ2v) is 6.14. The number of nitro benzene ring substituents is 1. The molecule has 144 valence electrons. The lowest BCUT2D eigenvalue weighted by molar-refractivity contribution is -0.386. The Kier molecular flexibility index (Phi) is 9.97. The topological polar surface area (TPSA) is 95.7 Å². The van der Waals surface area contributed by atoms with Crippen LogP contribution in [0.25, 0.3) is 0 Å². The fourth-order valence-corrected chi connectivity index (χ4v) is 2.49. The Morgan fingerprint density at radius 3 is 2.38 bits per heavy atom. The lowest BCUT2D eigenvalue weighted by Crippen LogP contribution is -2.09. The van der Waals surface area contributed by atoms with Gasteiger partial charge in [-0.3, -0.25) is 19.7 Å². The first-order chi connectivity index (χ1) is 12.5. The van der Waals surface area contributed by atoms with Crippen molar-refractivity contribution in [1.29, 1.82) is 0 Å². The van der Waals surface area contributed by atoms with Gasteiger partial charge in [-0.1, -0.05) is 38.3 Å². The van der Waals surface area contributed by atoms with E-state index in [1.165, 1.54) is 0 Å². The summed E-state index contributed by atoms with van der Waals surface area (Å²) in [7, 11) is 0. The molecule has 1 rings (SSSR count). The highest BCUT2D eigenvalue weighted by Gasteiger charge is 2.18. The molecule has 0 heterocycles. The zero-order chi connectivity index (χ0) is 19.4. The number of para-hydroxylation sites is 1. The summed E-state index contributed by atoms with van der Waals surface area (Å²) in [5.74, 6) is -0.805. The third-order valence-electron chi connectivity index (χ3n) is 3.92. The molecule has 0 spiro atoms. The first-order valence-corrected chi connectivity index (χ1v) is 8.99. The number of unbranched alkanes of at least 4 members (excludes halogenated alkanes) is 3. The number of ether oxygens (including phenoxy) is 2. The van der Waals surface area contributed by atoms with Crippen molar-refractivity contribution in [2.45, 2.75) is 65.4 Å². The van der Waals surface area contributed by atoms with Crippen LogP contribution in [0, 0.1) is 17.0 Å². The average molecular weight is 365 g/mol. The fourth-order valence-electron chi connectivity index (χ4n) is 2.49. The normalized spacial score (nSPS) is 10.4. The molecule has 0 amide bonds. The van der Waals surface area contributed by atoms with Crippen LogP contribution in [0.2, 0.25) is 0 Å². The quantitative estimate of drug-likeness (QED) is 0.238. The number of carbonyl (C=O) groups excluding carboxylic acids is 2. The summed E-state index contributed by atoms with van der Waals surface area (Å²) in [6.45, 7) is 4.01.